The molecule has 5 aromatic rings. The van der Waals surface area contributed by atoms with Gasteiger partial charge in [-0.25, -0.2) is 4.98 Å². The van der Waals surface area contributed by atoms with Crippen LogP contribution in [0.2, 0.25) is 0 Å². The quantitative estimate of drug-likeness (QED) is 0.149. The van der Waals surface area contributed by atoms with E-state index in [0.29, 0.717) is 13.2 Å². The molecule has 0 saturated heterocycles. The zero-order valence-corrected chi connectivity index (χ0v) is 24.1. The Bertz CT molecular complexity index is 1610. The molecule has 0 fully saturated rings. The van der Waals surface area contributed by atoms with E-state index in [1.54, 1.807) is 0 Å². The molecule has 0 aliphatic heterocycles. The third-order valence-electron chi connectivity index (χ3n) is 7.35. The first kappa shape index (κ1) is 28.2. The Hall–Kier alpha value is -4.32. The number of hydrogen-bond donors (Lipinski definition) is 1. The van der Waals surface area contributed by atoms with E-state index < -0.39 is 0 Å². The van der Waals surface area contributed by atoms with Crippen molar-refractivity contribution in [3.63, 3.8) is 0 Å². The van der Waals surface area contributed by atoms with Crippen LogP contribution >= 0.6 is 0 Å². The van der Waals surface area contributed by atoms with Crippen LogP contribution in [0.4, 0.5) is 0 Å². The highest BCUT2D eigenvalue weighted by Crippen LogP contribution is 2.22. The number of ether oxygens (including phenoxy) is 2. The van der Waals surface area contributed by atoms with Crippen LogP contribution in [-0.4, -0.2) is 35.2 Å². The van der Waals surface area contributed by atoms with E-state index in [1.165, 1.54) is 16.3 Å². The highest BCUT2D eigenvalue weighted by Gasteiger charge is 2.11. The van der Waals surface area contributed by atoms with Gasteiger partial charge in [0.15, 0.2) is 6.61 Å². The van der Waals surface area contributed by atoms with Crippen LogP contribution in [0.3, 0.4) is 0 Å². The van der Waals surface area contributed by atoms with E-state index in [-0.39, 0.29) is 12.5 Å². The van der Waals surface area contributed by atoms with Gasteiger partial charge in [-0.2, -0.15) is 0 Å². The highest BCUT2D eigenvalue weighted by molar-refractivity contribution is 5.83. The van der Waals surface area contributed by atoms with Gasteiger partial charge in [0.05, 0.1) is 17.6 Å². The molecule has 0 spiro atoms. The number of carbonyl (C=O) groups is 1. The summed E-state index contributed by atoms with van der Waals surface area (Å²) in [6.45, 7) is 6.21. The number of nitrogens with zero attached hydrogens (tertiary/aromatic N) is 2. The van der Waals surface area contributed by atoms with E-state index in [9.17, 15) is 4.79 Å². The van der Waals surface area contributed by atoms with Crippen molar-refractivity contribution in [1.29, 1.82) is 0 Å². The highest BCUT2D eigenvalue weighted by atomic mass is 16.5. The smallest absolute Gasteiger partial charge is 0.257 e. The normalized spacial score (nSPS) is 11.2. The summed E-state index contributed by atoms with van der Waals surface area (Å²) in [7, 11) is 0. The van der Waals surface area contributed by atoms with Gasteiger partial charge in [0.1, 0.15) is 17.3 Å². The summed E-state index contributed by atoms with van der Waals surface area (Å²) >= 11 is 0. The van der Waals surface area contributed by atoms with Crippen molar-refractivity contribution in [3.05, 3.63) is 102 Å². The Kier molecular flexibility index (Phi) is 9.53. The summed E-state index contributed by atoms with van der Waals surface area (Å²) in [6, 6.07) is 28.9. The predicted octanol–water partition coefficient (Wildman–Crippen LogP) is 7.18. The summed E-state index contributed by atoms with van der Waals surface area (Å²) in [5, 5.41) is 5.39. The van der Waals surface area contributed by atoms with Crippen molar-refractivity contribution in [2.24, 2.45) is 0 Å². The average Bonchev–Trinajstić information content (AvgIpc) is 3.34. The maximum absolute atomic E-state index is 12.2. The fourth-order valence-electron chi connectivity index (χ4n) is 5.11. The van der Waals surface area contributed by atoms with Gasteiger partial charge in [0.25, 0.3) is 5.91 Å². The second kappa shape index (κ2) is 13.8. The lowest BCUT2D eigenvalue weighted by molar-refractivity contribution is -0.123. The standard InChI is InChI=1S/C35H39N3O3/c1-26-16-17-27(2)33(23-26)41-25-35(39)36-20-9-3-4-15-34-37-31-13-7-8-14-32(31)38(34)21-10-22-40-30-19-18-28-11-5-6-12-29(28)24-30/h5-8,11-14,16-19,23-24H,3-4,9-10,15,20-22,25H2,1-2H3,(H,36,39). The molecule has 1 amide bonds. The van der Waals surface area contributed by atoms with Crippen LogP contribution < -0.4 is 14.8 Å². The van der Waals surface area contributed by atoms with Crippen molar-refractivity contribution in [2.75, 3.05) is 19.8 Å². The first-order valence-electron chi connectivity index (χ1n) is 14.6. The van der Waals surface area contributed by atoms with E-state index in [2.05, 4.69) is 64.5 Å². The van der Waals surface area contributed by atoms with E-state index in [1.807, 2.05) is 44.2 Å². The number of amides is 1. The molecule has 4 aromatic carbocycles. The molecule has 1 heterocycles. The van der Waals surface area contributed by atoms with Gasteiger partial charge in [0.2, 0.25) is 0 Å². The Balaban J connectivity index is 1.05. The van der Waals surface area contributed by atoms with Gasteiger partial charge >= 0.3 is 0 Å². The van der Waals surface area contributed by atoms with Gasteiger partial charge in [-0.3, -0.25) is 4.79 Å². The molecule has 1 N–H and O–H groups in total. The predicted molar refractivity (Wildman–Crippen MR) is 166 cm³/mol. The van der Waals surface area contributed by atoms with Gasteiger partial charge in [0, 0.05) is 19.5 Å². The van der Waals surface area contributed by atoms with Crippen LogP contribution in [0, 0.1) is 13.8 Å². The summed E-state index contributed by atoms with van der Waals surface area (Å²) in [5.74, 6) is 2.70. The monoisotopic (exact) mass is 549 g/mol. The van der Waals surface area contributed by atoms with Gasteiger partial charge < -0.3 is 19.4 Å². The zero-order chi connectivity index (χ0) is 28.4. The molecule has 212 valence electrons. The van der Waals surface area contributed by atoms with Crippen molar-refractivity contribution in [2.45, 2.75) is 52.5 Å². The Morgan fingerprint density at radius 1 is 0.829 bits per heavy atom. The molecular weight excluding hydrogens is 510 g/mol. The lowest BCUT2D eigenvalue weighted by Crippen LogP contribution is -2.29. The molecule has 6 nitrogen and oxygen atoms in total. The lowest BCUT2D eigenvalue weighted by Gasteiger charge is -2.11. The number of para-hydroxylation sites is 2. The van der Waals surface area contributed by atoms with Crippen LogP contribution in [0.15, 0.2) is 84.9 Å². The number of fused-ring (bicyclic) bond motifs is 2. The average molecular weight is 550 g/mol. The summed E-state index contributed by atoms with van der Waals surface area (Å²) in [5.41, 5.74) is 4.36. The van der Waals surface area contributed by atoms with E-state index in [4.69, 9.17) is 14.5 Å². The molecule has 0 bridgehead atoms. The topological polar surface area (TPSA) is 65.4 Å². The molecule has 41 heavy (non-hydrogen) atoms. The van der Waals surface area contributed by atoms with Crippen LogP contribution in [-0.2, 0) is 17.8 Å². The number of hydrogen-bond acceptors (Lipinski definition) is 4. The van der Waals surface area contributed by atoms with Crippen LogP contribution in [0.5, 0.6) is 11.5 Å². The minimum Gasteiger partial charge on any atom is -0.494 e. The fourth-order valence-corrected chi connectivity index (χ4v) is 5.11. The second-order valence-corrected chi connectivity index (χ2v) is 10.6. The van der Waals surface area contributed by atoms with Gasteiger partial charge in [-0.1, -0.05) is 61.0 Å². The summed E-state index contributed by atoms with van der Waals surface area (Å²) < 4.78 is 14.1. The molecule has 0 aliphatic rings. The van der Waals surface area contributed by atoms with Crippen molar-refractivity contribution < 1.29 is 14.3 Å². The molecule has 0 aliphatic carbocycles. The SMILES string of the molecule is Cc1ccc(C)c(OCC(=O)NCCCCCc2nc3ccccc3n2CCCOc2ccc3ccccc3c2)c1. The van der Waals surface area contributed by atoms with Crippen LogP contribution in [0.25, 0.3) is 21.8 Å². The molecule has 5 rings (SSSR count). The van der Waals surface area contributed by atoms with Crippen molar-refractivity contribution in [3.8, 4) is 11.5 Å². The Morgan fingerprint density at radius 2 is 1.66 bits per heavy atom. The van der Waals surface area contributed by atoms with Gasteiger partial charge in [-0.15, -0.1) is 0 Å². The zero-order valence-electron chi connectivity index (χ0n) is 24.1. The van der Waals surface area contributed by atoms with Crippen molar-refractivity contribution in [1.82, 2.24) is 14.9 Å². The fraction of sp³-hybridized carbons (Fsp3) is 0.314. The largest absolute Gasteiger partial charge is 0.494 e. The maximum Gasteiger partial charge on any atom is 0.257 e. The number of imidazole rings is 1. The number of aryl methyl sites for hydroxylation is 4. The van der Waals surface area contributed by atoms with E-state index in [0.717, 1.165) is 72.6 Å². The summed E-state index contributed by atoms with van der Waals surface area (Å²) in [6.07, 6.45) is 4.77. The molecule has 0 unspecified atom stereocenters. The molecule has 1 aromatic heterocycles. The first-order chi connectivity index (χ1) is 20.1. The molecule has 0 radical (unpaired) electrons. The number of unbranched alkanes of at least 4 members (excludes halogenated alkanes) is 2. The number of nitrogens with one attached hydrogen (secondary N) is 1. The first-order valence-corrected chi connectivity index (χ1v) is 14.6. The number of rotatable bonds is 14. The van der Waals surface area contributed by atoms with Crippen molar-refractivity contribution >= 4 is 27.7 Å². The van der Waals surface area contributed by atoms with Crippen LogP contribution in [0.1, 0.15) is 42.6 Å². The van der Waals surface area contributed by atoms with E-state index >= 15 is 0 Å². The summed E-state index contributed by atoms with van der Waals surface area (Å²) in [4.78, 5) is 17.2. The molecular formula is C35H39N3O3. The molecule has 6 heteroatoms. The third kappa shape index (κ3) is 7.66. The lowest BCUT2D eigenvalue weighted by atomic mass is 10.1. The number of benzene rings is 4. The molecule has 0 saturated carbocycles. The minimum absolute atomic E-state index is 0.0406. The van der Waals surface area contributed by atoms with Gasteiger partial charge in [-0.05, 0) is 85.3 Å². The minimum atomic E-state index is -0.0846. The number of carbonyl (C=O) groups excluding carboxylic acids is 1. The maximum atomic E-state index is 12.2. The second-order valence-electron chi connectivity index (χ2n) is 10.6. The Labute approximate surface area is 242 Å². The molecule has 0 atom stereocenters. The number of aromatic nitrogens is 2. The Morgan fingerprint density at radius 3 is 2.56 bits per heavy atom. The third-order valence-corrected chi connectivity index (χ3v) is 7.35.